The van der Waals surface area contributed by atoms with E-state index in [-0.39, 0.29) is 61.3 Å². The highest BCUT2D eigenvalue weighted by Crippen LogP contribution is 2.57. The minimum Gasteiger partial charge on any atom is -0.461 e. The number of rotatable bonds is 6. The van der Waals surface area contributed by atoms with Crippen molar-refractivity contribution in [2.45, 2.75) is 83.9 Å². The number of esters is 1. The Morgan fingerprint density at radius 1 is 1.07 bits per heavy atom. The highest BCUT2D eigenvalue weighted by molar-refractivity contribution is 5.97. The number of carbonyl (C=O) groups excluding carboxylic acids is 5. The summed E-state index contributed by atoms with van der Waals surface area (Å²) in [7, 11) is 0. The molecule has 2 fully saturated rings. The molecule has 3 amide bonds. The Morgan fingerprint density at radius 2 is 1.85 bits per heavy atom. The molecule has 2 aliphatic heterocycles. The fraction of sp³-hybridized carbons (Fsp3) is 0.581. The quantitative estimate of drug-likeness (QED) is 0.414. The number of benzene rings is 1. The highest BCUT2D eigenvalue weighted by Gasteiger charge is 2.60. The van der Waals surface area contributed by atoms with Gasteiger partial charge < -0.3 is 20.3 Å². The van der Waals surface area contributed by atoms with Gasteiger partial charge in [0.05, 0.1) is 24.5 Å². The van der Waals surface area contributed by atoms with E-state index in [0.717, 1.165) is 37.7 Å². The van der Waals surface area contributed by atoms with Gasteiger partial charge in [-0.1, -0.05) is 62.2 Å². The molecule has 2 heterocycles. The van der Waals surface area contributed by atoms with Gasteiger partial charge >= 0.3 is 5.97 Å². The number of Topliss-reactive ketones (excluding diaryl/α,β-unsaturated/α-hetero) is 1. The number of nitrogens with zero attached hydrogens (tertiary/aromatic N) is 1. The molecule has 5 atom stereocenters. The van der Waals surface area contributed by atoms with Crippen molar-refractivity contribution in [1.29, 1.82) is 0 Å². The van der Waals surface area contributed by atoms with Gasteiger partial charge in [-0.15, -0.1) is 0 Å². The summed E-state index contributed by atoms with van der Waals surface area (Å²) >= 11 is 0. The normalized spacial score (nSPS) is 29.7. The third-order valence-electron chi connectivity index (χ3n) is 8.37. The molecule has 0 bridgehead atoms. The third-order valence-corrected chi connectivity index (χ3v) is 8.37. The van der Waals surface area contributed by atoms with Gasteiger partial charge in [0.15, 0.2) is 5.78 Å². The summed E-state index contributed by atoms with van der Waals surface area (Å²) in [5.41, 5.74) is 0.00508. The van der Waals surface area contributed by atoms with Crippen LogP contribution < -0.4 is 10.6 Å². The predicted molar refractivity (Wildman–Crippen MR) is 149 cm³/mol. The van der Waals surface area contributed by atoms with Crippen LogP contribution in [0.25, 0.3) is 0 Å². The predicted octanol–water partition coefficient (Wildman–Crippen LogP) is 3.07. The van der Waals surface area contributed by atoms with Crippen LogP contribution >= 0.6 is 0 Å². The zero-order valence-electron chi connectivity index (χ0n) is 23.5. The first-order chi connectivity index (χ1) is 19.2. The van der Waals surface area contributed by atoms with Crippen LogP contribution in [0.2, 0.25) is 0 Å². The molecule has 1 saturated carbocycles. The van der Waals surface area contributed by atoms with Crippen LogP contribution in [-0.2, 0) is 35.3 Å². The second kappa shape index (κ2) is 13.2. The maximum atomic E-state index is 13.7. The van der Waals surface area contributed by atoms with E-state index in [1.165, 1.54) is 6.92 Å². The van der Waals surface area contributed by atoms with Crippen LogP contribution in [0.1, 0.15) is 70.8 Å². The molecule has 0 spiro atoms. The zero-order valence-corrected chi connectivity index (χ0v) is 23.5. The average molecular weight is 552 g/mol. The topological polar surface area (TPSA) is 122 Å². The zero-order chi connectivity index (χ0) is 28.7. The summed E-state index contributed by atoms with van der Waals surface area (Å²) in [6.07, 6.45) is 8.80. The van der Waals surface area contributed by atoms with Crippen LogP contribution in [0.5, 0.6) is 0 Å². The number of hydrogen-bond acceptors (Lipinski definition) is 6. The smallest absolute Gasteiger partial charge is 0.302 e. The van der Waals surface area contributed by atoms with Crippen molar-refractivity contribution in [1.82, 2.24) is 15.5 Å². The second-order valence-corrected chi connectivity index (χ2v) is 11.5. The number of amides is 3. The van der Waals surface area contributed by atoms with Gasteiger partial charge in [-0.25, -0.2) is 0 Å². The van der Waals surface area contributed by atoms with Gasteiger partial charge in [0.2, 0.25) is 17.7 Å². The van der Waals surface area contributed by atoms with E-state index in [0.29, 0.717) is 13.0 Å². The second-order valence-electron chi connectivity index (χ2n) is 11.5. The Labute approximate surface area is 236 Å². The van der Waals surface area contributed by atoms with E-state index in [4.69, 9.17) is 4.74 Å². The lowest BCUT2D eigenvalue weighted by atomic mass is 9.90. The van der Waals surface area contributed by atoms with E-state index in [2.05, 4.69) is 16.7 Å². The van der Waals surface area contributed by atoms with Gasteiger partial charge in [0, 0.05) is 32.2 Å². The Morgan fingerprint density at radius 3 is 2.60 bits per heavy atom. The molecule has 1 aromatic rings. The van der Waals surface area contributed by atoms with Crippen molar-refractivity contribution in [2.24, 2.45) is 17.3 Å². The fourth-order valence-electron chi connectivity index (χ4n) is 5.98. The molecular weight excluding hydrogens is 510 g/mol. The van der Waals surface area contributed by atoms with Crippen molar-refractivity contribution < 1.29 is 28.7 Å². The number of nitrogens with one attached hydrogen (secondary N) is 2. The number of carbonyl (C=O) groups is 5. The van der Waals surface area contributed by atoms with Crippen LogP contribution in [-0.4, -0.2) is 59.6 Å². The van der Waals surface area contributed by atoms with E-state index in [9.17, 15) is 24.0 Å². The molecule has 0 radical (unpaired) electrons. The standard InChI is InChI=1S/C31H41N3O6/c1-21-11-7-4-3-5-10-14-24-16-31(24,30(39)33-19-28(37)32-18-23-12-8-6-9-13-23)17-27(36)26-15-25(40-22(2)35)20-34(26)29(21)38/h6,8-10,12-14,21,24-26H,3-5,7,11,15-20H2,1-2H3,(H,32,37)(H,33,39)/b14-10-/t21-,24+,25+,26-,31+/m0/s1. The molecule has 1 aliphatic carbocycles. The van der Waals surface area contributed by atoms with Crippen molar-refractivity contribution >= 4 is 29.5 Å². The van der Waals surface area contributed by atoms with Crippen LogP contribution in [0.4, 0.5) is 0 Å². The number of ether oxygens (including phenoxy) is 1. The number of hydrogen-bond donors (Lipinski definition) is 2. The molecule has 3 aliphatic rings. The number of ketones is 1. The fourth-order valence-corrected chi connectivity index (χ4v) is 5.98. The van der Waals surface area contributed by atoms with Crippen LogP contribution in [0.3, 0.4) is 0 Å². The maximum absolute atomic E-state index is 13.7. The minimum absolute atomic E-state index is 0.0326. The summed E-state index contributed by atoms with van der Waals surface area (Å²) in [6, 6.07) is 8.76. The molecule has 0 aromatic heterocycles. The average Bonchev–Trinajstić information content (AvgIpc) is 3.47. The van der Waals surface area contributed by atoms with Gasteiger partial charge in [-0.2, -0.15) is 0 Å². The van der Waals surface area contributed by atoms with E-state index >= 15 is 0 Å². The summed E-state index contributed by atoms with van der Waals surface area (Å²) in [5, 5.41) is 5.57. The van der Waals surface area contributed by atoms with E-state index < -0.39 is 23.5 Å². The number of allylic oxidation sites excluding steroid dienone is 2. The SMILES string of the molecule is CC(=O)O[C@@H]1C[C@H]2C(=O)C[C@]3(C(=O)NCC(=O)NCc4ccccc4)C[C@H]3/C=C\CCCCC[C@H](C)C(=O)N2C1. The molecule has 9 heteroatoms. The third kappa shape index (κ3) is 7.37. The Bertz CT molecular complexity index is 1140. The lowest BCUT2D eigenvalue weighted by Gasteiger charge is -2.27. The molecule has 1 aromatic carbocycles. The Balaban J connectivity index is 1.46. The molecule has 40 heavy (non-hydrogen) atoms. The van der Waals surface area contributed by atoms with Gasteiger partial charge in [-0.3, -0.25) is 24.0 Å². The van der Waals surface area contributed by atoms with E-state index in [1.807, 2.05) is 43.3 Å². The van der Waals surface area contributed by atoms with E-state index in [1.54, 1.807) is 4.90 Å². The first-order valence-corrected chi connectivity index (χ1v) is 14.5. The van der Waals surface area contributed by atoms with Gasteiger partial charge in [0.1, 0.15) is 6.10 Å². The Kier molecular flexibility index (Phi) is 9.76. The largest absolute Gasteiger partial charge is 0.461 e. The van der Waals surface area contributed by atoms with Crippen molar-refractivity contribution in [3.8, 4) is 0 Å². The molecular formula is C31H41N3O6. The summed E-state index contributed by atoms with van der Waals surface area (Å²) in [5.74, 6) is -1.75. The Hall–Kier alpha value is -3.49. The highest BCUT2D eigenvalue weighted by atomic mass is 16.5. The van der Waals surface area contributed by atoms with Crippen LogP contribution in [0.15, 0.2) is 42.5 Å². The lowest BCUT2D eigenvalue weighted by Crippen LogP contribution is -2.46. The molecule has 2 N–H and O–H groups in total. The van der Waals surface area contributed by atoms with Crippen molar-refractivity contribution in [3.63, 3.8) is 0 Å². The molecule has 1 saturated heterocycles. The van der Waals surface area contributed by atoms with Crippen molar-refractivity contribution in [3.05, 3.63) is 48.0 Å². The summed E-state index contributed by atoms with van der Waals surface area (Å²) < 4.78 is 5.39. The summed E-state index contributed by atoms with van der Waals surface area (Å²) in [4.78, 5) is 66.2. The molecule has 9 nitrogen and oxygen atoms in total. The molecule has 4 rings (SSSR count). The first kappa shape index (κ1) is 29.5. The lowest BCUT2D eigenvalue weighted by molar-refractivity contribution is -0.147. The minimum atomic E-state index is -0.951. The van der Waals surface area contributed by atoms with Crippen LogP contribution in [0, 0.1) is 17.3 Å². The first-order valence-electron chi connectivity index (χ1n) is 14.5. The molecule has 0 unspecified atom stereocenters. The van der Waals surface area contributed by atoms with Gasteiger partial charge in [-0.05, 0) is 37.2 Å². The summed E-state index contributed by atoms with van der Waals surface area (Å²) in [6.45, 7) is 3.56. The van der Waals surface area contributed by atoms with Gasteiger partial charge in [0.25, 0.3) is 0 Å². The maximum Gasteiger partial charge on any atom is 0.302 e. The number of fused-ring (bicyclic) bond motifs is 2. The van der Waals surface area contributed by atoms with Crippen molar-refractivity contribution in [2.75, 3.05) is 13.1 Å². The monoisotopic (exact) mass is 551 g/mol. The molecule has 216 valence electrons.